The monoisotopic (exact) mass is 712 g/mol. The highest BCUT2D eigenvalue weighted by Crippen LogP contribution is 2.56. The van der Waals surface area contributed by atoms with Crippen LogP contribution in [-0.2, 0) is 23.9 Å². The Morgan fingerprint density at radius 1 is 0.444 bits per heavy atom. The summed E-state index contributed by atoms with van der Waals surface area (Å²) < 4.78 is 0. The first kappa shape index (κ1) is 35.8. The van der Waals surface area contributed by atoms with Crippen molar-refractivity contribution in [3.05, 3.63) is 177 Å². The maximum atomic E-state index is 12.4. The second-order valence-corrected chi connectivity index (χ2v) is 15.8. The molecule has 6 aromatic carbocycles. The van der Waals surface area contributed by atoms with Gasteiger partial charge in [0, 0.05) is 59.3 Å². The molecule has 0 bridgehead atoms. The SMILES string of the molecule is CCN(CC)CCN(Cc1cc(C)cc(C2(C)c3ccccc3-c3ccccc32)c1O)Cc1cc(C)cc(C2(C)c3ccccc3-c3ccccc32)c1O. The zero-order chi connectivity index (χ0) is 37.8. The van der Waals surface area contributed by atoms with E-state index in [0.29, 0.717) is 24.6 Å². The summed E-state index contributed by atoms with van der Waals surface area (Å²) >= 11 is 0. The Balaban J connectivity index is 1.21. The van der Waals surface area contributed by atoms with E-state index in [2.05, 4.69) is 173 Å². The molecule has 2 aliphatic rings. The maximum absolute atomic E-state index is 12.4. The molecule has 2 N–H and O–H groups in total. The molecule has 8 rings (SSSR count). The summed E-state index contributed by atoms with van der Waals surface area (Å²) in [5.74, 6) is 0.701. The number of benzene rings is 6. The van der Waals surface area contributed by atoms with Gasteiger partial charge < -0.3 is 15.1 Å². The Kier molecular flexibility index (Phi) is 9.24. The lowest BCUT2D eigenvalue weighted by molar-refractivity contribution is 0.198. The van der Waals surface area contributed by atoms with Gasteiger partial charge in [0.2, 0.25) is 0 Å². The highest BCUT2D eigenvalue weighted by atomic mass is 16.3. The summed E-state index contributed by atoms with van der Waals surface area (Å²) in [4.78, 5) is 4.85. The number of hydrogen-bond donors (Lipinski definition) is 2. The van der Waals surface area contributed by atoms with Crippen molar-refractivity contribution in [1.82, 2.24) is 9.80 Å². The van der Waals surface area contributed by atoms with Crippen LogP contribution in [0.15, 0.2) is 121 Å². The average Bonchev–Trinajstić information content (AvgIpc) is 3.61. The number of phenols is 2. The van der Waals surface area contributed by atoms with E-state index in [1.165, 1.54) is 44.5 Å². The molecule has 2 aliphatic carbocycles. The first-order valence-corrected chi connectivity index (χ1v) is 19.6. The van der Waals surface area contributed by atoms with Gasteiger partial charge in [0.1, 0.15) is 11.5 Å². The lowest BCUT2D eigenvalue weighted by Gasteiger charge is -2.33. The standard InChI is InChI=1S/C50H52N2O2/c1-7-51(8-2)25-26-52(31-35-27-33(3)29-45(47(35)53)49(5)41-21-13-9-17-37(41)38-18-10-14-22-42(38)49)32-36-28-34(4)30-46(48(36)54)50(6)43-23-15-11-19-39(43)40-20-12-16-24-44(40)50/h9-24,27-30,53-54H,7-8,25-26,31-32H2,1-6H3. The molecule has 0 atom stereocenters. The number of hydrogen-bond acceptors (Lipinski definition) is 4. The van der Waals surface area contributed by atoms with Gasteiger partial charge in [-0.25, -0.2) is 0 Å². The van der Waals surface area contributed by atoms with E-state index < -0.39 is 10.8 Å². The fraction of sp³-hybridized carbons (Fsp3) is 0.280. The van der Waals surface area contributed by atoms with E-state index in [0.717, 1.165) is 59.6 Å². The van der Waals surface area contributed by atoms with E-state index in [1.54, 1.807) is 0 Å². The fourth-order valence-electron chi connectivity index (χ4n) is 9.72. The van der Waals surface area contributed by atoms with Crippen LogP contribution in [0.1, 0.15) is 83.3 Å². The highest BCUT2D eigenvalue weighted by Gasteiger charge is 2.44. The second-order valence-electron chi connectivity index (χ2n) is 15.8. The third-order valence-corrected chi connectivity index (χ3v) is 12.6. The maximum Gasteiger partial charge on any atom is 0.124 e. The molecule has 0 saturated carbocycles. The van der Waals surface area contributed by atoms with Gasteiger partial charge in [-0.05, 0) is 85.3 Å². The molecule has 0 radical (unpaired) electrons. The van der Waals surface area contributed by atoms with Crippen molar-refractivity contribution in [3.63, 3.8) is 0 Å². The third-order valence-electron chi connectivity index (χ3n) is 12.6. The summed E-state index contributed by atoms with van der Waals surface area (Å²) in [5, 5.41) is 24.8. The van der Waals surface area contributed by atoms with Gasteiger partial charge in [0.05, 0.1) is 0 Å². The molecule has 0 heterocycles. The third kappa shape index (κ3) is 5.66. The first-order valence-electron chi connectivity index (χ1n) is 19.6. The Morgan fingerprint density at radius 3 is 1.09 bits per heavy atom. The summed E-state index contributed by atoms with van der Waals surface area (Å²) in [6, 6.07) is 43.2. The fourth-order valence-corrected chi connectivity index (χ4v) is 9.72. The minimum absolute atomic E-state index is 0.350. The minimum atomic E-state index is -0.503. The van der Waals surface area contributed by atoms with Crippen molar-refractivity contribution in [1.29, 1.82) is 0 Å². The molecule has 0 unspecified atom stereocenters. The van der Waals surface area contributed by atoms with Crippen LogP contribution in [0.25, 0.3) is 22.3 Å². The molecule has 0 aliphatic heterocycles. The van der Waals surface area contributed by atoms with E-state index in [-0.39, 0.29) is 0 Å². The van der Waals surface area contributed by atoms with Gasteiger partial charge in [-0.1, -0.05) is 146 Å². The minimum Gasteiger partial charge on any atom is -0.507 e. The number of aromatic hydroxyl groups is 2. The van der Waals surface area contributed by atoms with Crippen LogP contribution in [0.4, 0.5) is 0 Å². The Labute approximate surface area is 321 Å². The Hall–Kier alpha value is -5.16. The van der Waals surface area contributed by atoms with Crippen LogP contribution >= 0.6 is 0 Å². The molecule has 0 fully saturated rings. The van der Waals surface area contributed by atoms with Crippen molar-refractivity contribution in [2.45, 2.75) is 65.5 Å². The van der Waals surface area contributed by atoms with Gasteiger partial charge in [-0.15, -0.1) is 0 Å². The number of aryl methyl sites for hydroxylation is 2. The van der Waals surface area contributed by atoms with Crippen LogP contribution in [0.2, 0.25) is 0 Å². The van der Waals surface area contributed by atoms with Gasteiger partial charge in [-0.2, -0.15) is 0 Å². The molecule has 4 heteroatoms. The Morgan fingerprint density at radius 2 is 0.759 bits per heavy atom. The Bertz CT molecular complexity index is 2120. The van der Waals surface area contributed by atoms with Crippen molar-refractivity contribution in [2.75, 3.05) is 26.2 Å². The van der Waals surface area contributed by atoms with Crippen molar-refractivity contribution in [2.24, 2.45) is 0 Å². The summed E-state index contributed by atoms with van der Waals surface area (Å²) in [6.07, 6.45) is 0. The van der Waals surface area contributed by atoms with Crippen LogP contribution in [0, 0.1) is 13.8 Å². The van der Waals surface area contributed by atoms with Crippen molar-refractivity contribution >= 4 is 0 Å². The molecule has 54 heavy (non-hydrogen) atoms. The second kappa shape index (κ2) is 13.9. The predicted molar refractivity (Wildman–Crippen MR) is 222 cm³/mol. The summed E-state index contributed by atoms with van der Waals surface area (Å²) in [6.45, 7) is 17.9. The summed E-state index contributed by atoms with van der Waals surface area (Å²) in [7, 11) is 0. The average molecular weight is 713 g/mol. The highest BCUT2D eigenvalue weighted by molar-refractivity contribution is 5.85. The van der Waals surface area contributed by atoms with Crippen molar-refractivity contribution in [3.8, 4) is 33.8 Å². The quantitative estimate of drug-likeness (QED) is 0.140. The number of fused-ring (bicyclic) bond motifs is 6. The van der Waals surface area contributed by atoms with Gasteiger partial charge in [-0.3, -0.25) is 4.90 Å². The normalized spacial score (nSPS) is 14.6. The van der Waals surface area contributed by atoms with Crippen LogP contribution in [-0.4, -0.2) is 46.2 Å². The van der Waals surface area contributed by atoms with Gasteiger partial charge >= 0.3 is 0 Å². The predicted octanol–water partition coefficient (Wildman–Crippen LogP) is 10.7. The van der Waals surface area contributed by atoms with E-state index in [9.17, 15) is 10.2 Å². The van der Waals surface area contributed by atoms with Crippen LogP contribution in [0.3, 0.4) is 0 Å². The van der Waals surface area contributed by atoms with Gasteiger partial charge in [0.25, 0.3) is 0 Å². The zero-order valence-electron chi connectivity index (χ0n) is 32.6. The van der Waals surface area contributed by atoms with E-state index >= 15 is 0 Å². The molecule has 274 valence electrons. The van der Waals surface area contributed by atoms with Crippen LogP contribution in [0.5, 0.6) is 11.5 Å². The molecule has 0 spiro atoms. The van der Waals surface area contributed by atoms with Crippen molar-refractivity contribution < 1.29 is 10.2 Å². The number of rotatable bonds is 11. The molecule has 0 saturated heterocycles. The van der Waals surface area contributed by atoms with E-state index in [1.807, 2.05) is 0 Å². The number of phenolic OH excluding ortho intramolecular Hbond substituents is 2. The largest absolute Gasteiger partial charge is 0.507 e. The zero-order valence-corrected chi connectivity index (χ0v) is 32.6. The molecule has 0 amide bonds. The van der Waals surface area contributed by atoms with Gasteiger partial charge in [0.15, 0.2) is 0 Å². The first-order chi connectivity index (χ1) is 26.1. The molecule has 0 aromatic heterocycles. The lowest BCUT2D eigenvalue weighted by Crippen LogP contribution is -2.35. The molecular formula is C50H52N2O2. The number of nitrogens with zero attached hydrogens (tertiary/aromatic N) is 2. The molecule has 4 nitrogen and oxygen atoms in total. The number of likely N-dealkylation sites (N-methyl/N-ethyl adjacent to an activating group) is 1. The lowest BCUT2D eigenvalue weighted by atomic mass is 9.73. The topological polar surface area (TPSA) is 46.9 Å². The molecule has 6 aromatic rings. The smallest absolute Gasteiger partial charge is 0.124 e. The molecular weight excluding hydrogens is 661 g/mol. The van der Waals surface area contributed by atoms with Crippen LogP contribution < -0.4 is 0 Å². The summed E-state index contributed by atoms with van der Waals surface area (Å²) in [5.41, 5.74) is 14.7. The van der Waals surface area contributed by atoms with E-state index in [4.69, 9.17) is 0 Å².